The predicted molar refractivity (Wildman–Crippen MR) is 75.6 cm³/mol. The average molecular weight is 246 g/mol. The molecule has 3 nitrogen and oxygen atoms in total. The lowest BCUT2D eigenvalue weighted by Crippen LogP contribution is -2.24. The van der Waals surface area contributed by atoms with Gasteiger partial charge in [0.25, 0.3) is 0 Å². The van der Waals surface area contributed by atoms with Crippen LogP contribution in [0, 0.1) is 12.3 Å². The van der Waals surface area contributed by atoms with Gasteiger partial charge in [0, 0.05) is 13.1 Å². The first-order valence-electron chi connectivity index (χ1n) is 6.30. The number of nitrogens with zero attached hydrogens (tertiary/aromatic N) is 1. The van der Waals surface area contributed by atoms with Crippen molar-refractivity contribution in [2.24, 2.45) is 0 Å². The molecule has 0 aliphatic carbocycles. The van der Waals surface area contributed by atoms with Gasteiger partial charge in [0.2, 0.25) is 0 Å². The molecule has 1 aromatic carbocycles. The smallest absolute Gasteiger partial charge is 0.119 e. The van der Waals surface area contributed by atoms with Crippen LogP contribution in [0.2, 0.25) is 0 Å². The maximum atomic E-state index is 5.71. The van der Waals surface area contributed by atoms with Gasteiger partial charge in [0.05, 0.1) is 6.54 Å². The Morgan fingerprint density at radius 2 is 2.28 bits per heavy atom. The van der Waals surface area contributed by atoms with Crippen molar-refractivity contribution in [2.75, 3.05) is 33.3 Å². The highest BCUT2D eigenvalue weighted by atomic mass is 16.5. The maximum Gasteiger partial charge on any atom is 0.119 e. The second-order valence-electron chi connectivity index (χ2n) is 4.22. The monoisotopic (exact) mass is 246 g/mol. The Balaban J connectivity index is 2.35. The zero-order valence-corrected chi connectivity index (χ0v) is 11.3. The van der Waals surface area contributed by atoms with Crippen molar-refractivity contribution in [3.63, 3.8) is 0 Å². The van der Waals surface area contributed by atoms with E-state index in [2.05, 4.69) is 35.2 Å². The Morgan fingerprint density at radius 3 is 3.00 bits per heavy atom. The van der Waals surface area contributed by atoms with Gasteiger partial charge in [-0.15, -0.1) is 6.42 Å². The van der Waals surface area contributed by atoms with E-state index in [-0.39, 0.29) is 0 Å². The summed E-state index contributed by atoms with van der Waals surface area (Å²) >= 11 is 0. The summed E-state index contributed by atoms with van der Waals surface area (Å²) in [7, 11) is 1.99. The Labute approximate surface area is 110 Å². The van der Waals surface area contributed by atoms with Crippen LogP contribution in [0.1, 0.15) is 12.5 Å². The van der Waals surface area contributed by atoms with Gasteiger partial charge in [0.15, 0.2) is 0 Å². The first kappa shape index (κ1) is 14.6. The molecule has 0 radical (unpaired) electrons. The summed E-state index contributed by atoms with van der Waals surface area (Å²) in [5.74, 6) is 3.53. The lowest BCUT2D eigenvalue weighted by atomic mass is 10.2. The van der Waals surface area contributed by atoms with Gasteiger partial charge >= 0.3 is 0 Å². The summed E-state index contributed by atoms with van der Waals surface area (Å²) in [6.45, 7) is 6.10. The maximum absolute atomic E-state index is 5.71. The molecule has 1 rings (SSSR count). The van der Waals surface area contributed by atoms with E-state index >= 15 is 0 Å². The minimum absolute atomic E-state index is 0.656. The molecule has 98 valence electrons. The lowest BCUT2D eigenvalue weighted by Gasteiger charge is -2.14. The molecule has 0 aromatic heterocycles. The molecule has 0 amide bonds. The molecule has 0 heterocycles. The van der Waals surface area contributed by atoms with Crippen LogP contribution in [0.25, 0.3) is 0 Å². The average Bonchev–Trinajstić information content (AvgIpc) is 2.37. The van der Waals surface area contributed by atoms with E-state index < -0.39 is 0 Å². The Hall–Kier alpha value is -1.50. The van der Waals surface area contributed by atoms with Crippen molar-refractivity contribution in [3.05, 3.63) is 29.8 Å². The van der Waals surface area contributed by atoms with E-state index in [1.54, 1.807) is 0 Å². The molecule has 0 atom stereocenters. The normalized spacial score (nSPS) is 10.3. The zero-order valence-electron chi connectivity index (χ0n) is 11.3. The van der Waals surface area contributed by atoms with E-state index in [0.717, 1.165) is 25.4 Å². The van der Waals surface area contributed by atoms with Crippen molar-refractivity contribution in [2.45, 2.75) is 13.5 Å². The fourth-order valence-corrected chi connectivity index (χ4v) is 1.57. The molecule has 0 bridgehead atoms. The molecule has 18 heavy (non-hydrogen) atoms. The van der Waals surface area contributed by atoms with Gasteiger partial charge in [-0.3, -0.25) is 4.90 Å². The number of benzene rings is 1. The van der Waals surface area contributed by atoms with Gasteiger partial charge in [-0.05, 0) is 31.3 Å². The molecule has 0 spiro atoms. The van der Waals surface area contributed by atoms with E-state index in [0.29, 0.717) is 13.2 Å². The molecule has 0 saturated carbocycles. The SMILES string of the molecule is C#CCN(C)CCOc1cccc(CNCC)c1. The number of ether oxygens (including phenoxy) is 1. The highest BCUT2D eigenvalue weighted by Crippen LogP contribution is 2.13. The minimum atomic E-state index is 0.656. The lowest BCUT2D eigenvalue weighted by molar-refractivity contribution is 0.251. The quantitative estimate of drug-likeness (QED) is 0.707. The van der Waals surface area contributed by atoms with Crippen molar-refractivity contribution >= 4 is 0 Å². The van der Waals surface area contributed by atoms with Gasteiger partial charge in [-0.1, -0.05) is 25.0 Å². The molecule has 1 aromatic rings. The van der Waals surface area contributed by atoms with E-state index in [1.807, 2.05) is 19.2 Å². The first-order chi connectivity index (χ1) is 8.76. The molecular weight excluding hydrogens is 224 g/mol. The summed E-state index contributed by atoms with van der Waals surface area (Å²) in [4.78, 5) is 2.06. The molecule has 0 fully saturated rings. The third-order valence-corrected chi connectivity index (χ3v) is 2.58. The van der Waals surface area contributed by atoms with Crippen molar-refractivity contribution in [1.82, 2.24) is 10.2 Å². The van der Waals surface area contributed by atoms with Gasteiger partial charge < -0.3 is 10.1 Å². The molecule has 3 heteroatoms. The second kappa shape index (κ2) is 8.57. The summed E-state index contributed by atoms with van der Waals surface area (Å²) in [5, 5.41) is 3.30. The van der Waals surface area contributed by atoms with Gasteiger partial charge in [0.1, 0.15) is 12.4 Å². The number of hydrogen-bond acceptors (Lipinski definition) is 3. The van der Waals surface area contributed by atoms with Crippen molar-refractivity contribution < 1.29 is 4.74 Å². The Morgan fingerprint density at radius 1 is 1.44 bits per heavy atom. The highest BCUT2D eigenvalue weighted by molar-refractivity contribution is 5.28. The molecule has 0 saturated heterocycles. The van der Waals surface area contributed by atoms with Crippen LogP contribution in [0.3, 0.4) is 0 Å². The fraction of sp³-hybridized carbons (Fsp3) is 0.467. The third-order valence-electron chi connectivity index (χ3n) is 2.58. The van der Waals surface area contributed by atoms with Crippen LogP contribution in [-0.2, 0) is 6.54 Å². The van der Waals surface area contributed by atoms with Crippen LogP contribution in [0.4, 0.5) is 0 Å². The largest absolute Gasteiger partial charge is 0.492 e. The van der Waals surface area contributed by atoms with E-state index in [4.69, 9.17) is 11.2 Å². The number of likely N-dealkylation sites (N-methyl/N-ethyl adjacent to an activating group) is 1. The summed E-state index contributed by atoms with van der Waals surface area (Å²) in [6.07, 6.45) is 5.24. The number of rotatable bonds is 8. The molecular formula is C15H22N2O. The van der Waals surface area contributed by atoms with E-state index in [9.17, 15) is 0 Å². The first-order valence-corrected chi connectivity index (χ1v) is 6.30. The van der Waals surface area contributed by atoms with Crippen LogP contribution in [-0.4, -0.2) is 38.2 Å². The standard InChI is InChI=1S/C15H22N2O/c1-4-9-17(3)10-11-18-15-8-6-7-14(12-15)13-16-5-2/h1,6-8,12,16H,5,9-11,13H2,2-3H3. The summed E-state index contributed by atoms with van der Waals surface area (Å²) in [6, 6.07) is 8.17. The van der Waals surface area contributed by atoms with Crippen LogP contribution in [0.15, 0.2) is 24.3 Å². The van der Waals surface area contributed by atoms with Gasteiger partial charge in [-0.25, -0.2) is 0 Å². The van der Waals surface area contributed by atoms with Gasteiger partial charge in [-0.2, -0.15) is 0 Å². The van der Waals surface area contributed by atoms with Crippen LogP contribution in [0.5, 0.6) is 5.75 Å². The molecule has 0 aliphatic heterocycles. The number of terminal acetylenes is 1. The summed E-state index contributed by atoms with van der Waals surface area (Å²) in [5.41, 5.74) is 1.24. The van der Waals surface area contributed by atoms with E-state index in [1.165, 1.54) is 5.56 Å². The Bertz CT molecular complexity index is 384. The van der Waals surface area contributed by atoms with Crippen molar-refractivity contribution in [3.8, 4) is 18.1 Å². The molecule has 0 unspecified atom stereocenters. The predicted octanol–water partition coefficient (Wildman–Crippen LogP) is 1.74. The second-order valence-corrected chi connectivity index (χ2v) is 4.22. The molecule has 0 aliphatic rings. The number of nitrogens with one attached hydrogen (secondary N) is 1. The molecule has 1 N–H and O–H groups in total. The summed E-state index contributed by atoms with van der Waals surface area (Å²) < 4.78 is 5.71. The van der Waals surface area contributed by atoms with Crippen LogP contribution < -0.4 is 10.1 Å². The topological polar surface area (TPSA) is 24.5 Å². The minimum Gasteiger partial charge on any atom is -0.492 e. The van der Waals surface area contributed by atoms with Crippen LogP contribution >= 0.6 is 0 Å². The fourth-order valence-electron chi connectivity index (χ4n) is 1.57. The highest BCUT2D eigenvalue weighted by Gasteiger charge is 1.99. The number of hydrogen-bond donors (Lipinski definition) is 1. The third kappa shape index (κ3) is 5.72. The Kier molecular flexibility index (Phi) is 6.93. The zero-order chi connectivity index (χ0) is 13.2. The van der Waals surface area contributed by atoms with Crippen molar-refractivity contribution in [1.29, 1.82) is 0 Å².